The van der Waals surface area contributed by atoms with Crippen LogP contribution < -0.4 is 0 Å². The first-order chi connectivity index (χ1) is 25.0. The Labute approximate surface area is 296 Å². The van der Waals surface area contributed by atoms with E-state index in [2.05, 4.69) is 85.6 Å². The lowest BCUT2D eigenvalue weighted by molar-refractivity contribution is 0.661. The van der Waals surface area contributed by atoms with Crippen LogP contribution in [-0.4, -0.2) is 19.9 Å². The van der Waals surface area contributed by atoms with Gasteiger partial charge in [-0.05, 0) is 80.7 Å². The van der Waals surface area contributed by atoms with Crippen LogP contribution in [0.15, 0.2) is 152 Å². The second-order valence-electron chi connectivity index (χ2n) is 13.5. The molecule has 9 rings (SSSR count). The molecule has 5 heteroatoms. The Kier molecular flexibility index (Phi) is 7.12. The fourth-order valence-corrected chi connectivity index (χ4v) is 7.42. The molecule has 0 N–H and O–H groups in total. The third-order valence-corrected chi connectivity index (χ3v) is 10.0. The van der Waals surface area contributed by atoms with Gasteiger partial charge in [0.1, 0.15) is 0 Å². The van der Waals surface area contributed by atoms with Crippen molar-refractivity contribution in [3.63, 3.8) is 0 Å². The third kappa shape index (κ3) is 5.17. The minimum atomic E-state index is -0.302. The van der Waals surface area contributed by atoms with Crippen molar-refractivity contribution < 1.29 is 0 Å². The molecule has 0 fully saturated rings. The quantitative estimate of drug-likeness (QED) is 0.185. The predicted octanol–water partition coefficient (Wildman–Crippen LogP) is 10.9. The SMILES string of the molecule is CC1(C)c2cc(-c3cc(-c4cccnc4)cc(-c4nc(-c5ccccc5)nc(-c5ccccc5)n4)c3)ccc2-c2c1cc(C#N)c1ccccc21. The normalized spacial score (nSPS) is 12.6. The van der Waals surface area contributed by atoms with Crippen LogP contribution in [-0.2, 0) is 5.41 Å². The highest BCUT2D eigenvalue weighted by Gasteiger charge is 2.37. The zero-order valence-corrected chi connectivity index (χ0v) is 28.2. The van der Waals surface area contributed by atoms with Crippen LogP contribution in [0.25, 0.3) is 78.3 Å². The summed E-state index contributed by atoms with van der Waals surface area (Å²) in [4.78, 5) is 19.5. The Morgan fingerprint density at radius 1 is 0.490 bits per heavy atom. The maximum absolute atomic E-state index is 10.1. The summed E-state index contributed by atoms with van der Waals surface area (Å²) in [6.45, 7) is 4.52. The summed E-state index contributed by atoms with van der Waals surface area (Å²) in [5.74, 6) is 1.83. The average molecular weight is 654 g/mol. The summed E-state index contributed by atoms with van der Waals surface area (Å²) in [6, 6.07) is 50.2. The van der Waals surface area contributed by atoms with E-state index in [9.17, 15) is 5.26 Å². The van der Waals surface area contributed by atoms with E-state index in [0.717, 1.165) is 49.7 Å². The van der Waals surface area contributed by atoms with Gasteiger partial charge in [-0.25, -0.2) is 15.0 Å². The number of nitriles is 1. The van der Waals surface area contributed by atoms with Crippen LogP contribution >= 0.6 is 0 Å². The lowest BCUT2D eigenvalue weighted by Crippen LogP contribution is -2.15. The maximum Gasteiger partial charge on any atom is 0.164 e. The molecule has 240 valence electrons. The lowest BCUT2D eigenvalue weighted by atomic mass is 9.80. The van der Waals surface area contributed by atoms with Gasteiger partial charge in [-0.15, -0.1) is 0 Å². The molecule has 0 atom stereocenters. The second-order valence-corrected chi connectivity index (χ2v) is 13.5. The third-order valence-electron chi connectivity index (χ3n) is 10.0. The fraction of sp³-hybridized carbons (Fsp3) is 0.0652. The van der Waals surface area contributed by atoms with Gasteiger partial charge in [0.15, 0.2) is 17.5 Å². The van der Waals surface area contributed by atoms with Gasteiger partial charge in [0.05, 0.1) is 11.6 Å². The van der Waals surface area contributed by atoms with Crippen LogP contribution in [0.1, 0.15) is 30.5 Å². The van der Waals surface area contributed by atoms with E-state index < -0.39 is 0 Å². The second kappa shape index (κ2) is 12.0. The van der Waals surface area contributed by atoms with Gasteiger partial charge in [-0.2, -0.15) is 5.26 Å². The van der Waals surface area contributed by atoms with E-state index in [-0.39, 0.29) is 5.41 Å². The van der Waals surface area contributed by atoms with Gasteiger partial charge in [0.25, 0.3) is 0 Å². The molecule has 51 heavy (non-hydrogen) atoms. The molecule has 2 aromatic heterocycles. The summed E-state index contributed by atoms with van der Waals surface area (Å²) in [7, 11) is 0. The highest BCUT2D eigenvalue weighted by Crippen LogP contribution is 2.53. The van der Waals surface area contributed by atoms with Crippen molar-refractivity contribution in [2.45, 2.75) is 19.3 Å². The number of nitrogens with zero attached hydrogens (tertiary/aromatic N) is 5. The topological polar surface area (TPSA) is 75.3 Å². The molecule has 6 aromatic carbocycles. The van der Waals surface area contributed by atoms with Gasteiger partial charge in [0.2, 0.25) is 0 Å². The zero-order chi connectivity index (χ0) is 34.5. The highest BCUT2D eigenvalue weighted by molar-refractivity contribution is 6.05. The first kappa shape index (κ1) is 30.3. The molecule has 0 radical (unpaired) electrons. The van der Waals surface area contributed by atoms with Crippen molar-refractivity contribution in [2.75, 3.05) is 0 Å². The Morgan fingerprint density at radius 2 is 1.06 bits per heavy atom. The molecule has 0 saturated heterocycles. The maximum atomic E-state index is 10.1. The molecular formula is C46H31N5. The largest absolute Gasteiger partial charge is 0.264 e. The van der Waals surface area contributed by atoms with Gasteiger partial charge in [0, 0.05) is 45.4 Å². The number of pyridine rings is 1. The molecule has 1 aliphatic rings. The number of hydrogen-bond donors (Lipinski definition) is 0. The van der Waals surface area contributed by atoms with Crippen LogP contribution in [0.3, 0.4) is 0 Å². The first-order valence-corrected chi connectivity index (χ1v) is 17.0. The summed E-state index contributed by atoms with van der Waals surface area (Å²) >= 11 is 0. The monoisotopic (exact) mass is 653 g/mol. The van der Waals surface area contributed by atoms with E-state index in [1.165, 1.54) is 22.3 Å². The van der Waals surface area contributed by atoms with Crippen LogP contribution in [0.4, 0.5) is 0 Å². The number of benzene rings is 6. The number of fused-ring (bicyclic) bond motifs is 5. The molecular weight excluding hydrogens is 623 g/mol. The summed E-state index contributed by atoms with van der Waals surface area (Å²) < 4.78 is 0. The molecule has 1 aliphatic carbocycles. The van der Waals surface area contributed by atoms with Crippen molar-refractivity contribution in [1.82, 2.24) is 19.9 Å². The molecule has 2 heterocycles. The molecule has 0 unspecified atom stereocenters. The predicted molar refractivity (Wildman–Crippen MR) is 205 cm³/mol. The van der Waals surface area contributed by atoms with Gasteiger partial charge >= 0.3 is 0 Å². The van der Waals surface area contributed by atoms with Crippen LogP contribution in [0.5, 0.6) is 0 Å². The Morgan fingerprint density at radius 3 is 1.69 bits per heavy atom. The molecule has 0 aliphatic heterocycles. The van der Waals surface area contributed by atoms with Gasteiger partial charge < -0.3 is 0 Å². The van der Waals surface area contributed by atoms with Crippen LogP contribution in [0.2, 0.25) is 0 Å². The summed E-state index contributed by atoms with van der Waals surface area (Å²) in [5, 5.41) is 12.2. The van der Waals surface area contributed by atoms with Gasteiger partial charge in [-0.3, -0.25) is 4.98 Å². The van der Waals surface area contributed by atoms with E-state index in [1.54, 1.807) is 6.20 Å². The molecule has 8 aromatic rings. The molecule has 0 amide bonds. The van der Waals surface area contributed by atoms with E-state index in [0.29, 0.717) is 23.0 Å². The zero-order valence-electron chi connectivity index (χ0n) is 28.2. The standard InChI is InChI=1S/C46H31N5/c1-46(2)40-25-31(19-20-39(40)42-38-18-10-9-17-37(38)36(27-47)26-41(42)46)33-22-34(32-16-11-21-48-28-32)24-35(23-33)45-50-43(29-12-5-3-6-13-29)49-44(51-45)30-14-7-4-8-15-30/h3-26,28H,1-2H3. The number of aromatic nitrogens is 4. The minimum absolute atomic E-state index is 0.302. The van der Waals surface area contributed by atoms with Crippen molar-refractivity contribution in [3.05, 3.63) is 169 Å². The van der Waals surface area contributed by atoms with Crippen molar-refractivity contribution in [1.29, 1.82) is 5.26 Å². The number of hydrogen-bond acceptors (Lipinski definition) is 5. The molecule has 0 saturated carbocycles. The minimum Gasteiger partial charge on any atom is -0.264 e. The average Bonchev–Trinajstić information content (AvgIpc) is 3.43. The lowest BCUT2D eigenvalue weighted by Gasteiger charge is -2.22. The van der Waals surface area contributed by atoms with E-state index in [4.69, 9.17) is 15.0 Å². The Bertz CT molecular complexity index is 2600. The molecule has 5 nitrogen and oxygen atoms in total. The first-order valence-electron chi connectivity index (χ1n) is 17.0. The molecule has 0 spiro atoms. The van der Waals surface area contributed by atoms with E-state index >= 15 is 0 Å². The van der Waals surface area contributed by atoms with Crippen molar-refractivity contribution in [3.8, 4) is 73.6 Å². The van der Waals surface area contributed by atoms with E-state index in [1.807, 2.05) is 85.1 Å². The van der Waals surface area contributed by atoms with Crippen LogP contribution in [0, 0.1) is 11.3 Å². The number of rotatable bonds is 5. The van der Waals surface area contributed by atoms with Crippen molar-refractivity contribution >= 4 is 10.8 Å². The van der Waals surface area contributed by atoms with Crippen molar-refractivity contribution in [2.24, 2.45) is 0 Å². The Hall–Kier alpha value is -6.77. The fourth-order valence-electron chi connectivity index (χ4n) is 7.42. The summed E-state index contributed by atoms with van der Waals surface area (Å²) in [5.41, 5.74) is 12.1. The highest BCUT2D eigenvalue weighted by atomic mass is 15.0. The Balaban J connectivity index is 1.25. The molecule has 0 bridgehead atoms. The van der Waals surface area contributed by atoms with Gasteiger partial charge in [-0.1, -0.05) is 117 Å². The smallest absolute Gasteiger partial charge is 0.164 e. The summed E-state index contributed by atoms with van der Waals surface area (Å²) in [6.07, 6.45) is 3.68.